The molecule has 9 heteroatoms. The third kappa shape index (κ3) is 8.19. The lowest BCUT2D eigenvalue weighted by Crippen LogP contribution is -2.47. The van der Waals surface area contributed by atoms with Crippen molar-refractivity contribution in [2.75, 3.05) is 26.2 Å². The average Bonchev–Trinajstić information content (AvgIpc) is 2.71. The van der Waals surface area contributed by atoms with Gasteiger partial charge in [0.05, 0.1) is 6.54 Å². The highest BCUT2D eigenvalue weighted by Gasteiger charge is 2.20. The molecule has 30 heavy (non-hydrogen) atoms. The number of halogens is 1. The van der Waals surface area contributed by atoms with Crippen molar-refractivity contribution in [2.24, 2.45) is 0 Å². The molecule has 0 aliphatic carbocycles. The van der Waals surface area contributed by atoms with Crippen LogP contribution in [-0.2, 0) is 20.8 Å². The highest BCUT2D eigenvalue weighted by atomic mass is 127. The van der Waals surface area contributed by atoms with E-state index in [0.29, 0.717) is 18.5 Å². The van der Waals surface area contributed by atoms with Crippen LogP contribution in [0.2, 0.25) is 0 Å². The summed E-state index contributed by atoms with van der Waals surface area (Å²) in [6, 6.07) is 16.4. The highest BCUT2D eigenvalue weighted by molar-refractivity contribution is 14.1. The number of benzene rings is 2. The second-order valence-corrected chi connectivity index (χ2v) is 7.67. The zero-order valence-corrected chi connectivity index (χ0v) is 18.3. The predicted octanol–water partition coefficient (Wildman–Crippen LogP) is 1.29. The van der Waals surface area contributed by atoms with Crippen molar-refractivity contribution in [2.45, 2.75) is 6.42 Å². The monoisotopic (exact) mass is 523 g/mol. The Morgan fingerprint density at radius 2 is 1.67 bits per heavy atom. The van der Waals surface area contributed by atoms with E-state index >= 15 is 0 Å². The molecule has 0 aliphatic rings. The molecule has 0 radical (unpaired) electrons. The van der Waals surface area contributed by atoms with Crippen molar-refractivity contribution in [1.82, 2.24) is 15.5 Å². The van der Waals surface area contributed by atoms with Gasteiger partial charge in [0.1, 0.15) is 13.1 Å². The van der Waals surface area contributed by atoms with Crippen molar-refractivity contribution in [3.05, 3.63) is 69.3 Å². The second-order valence-electron chi connectivity index (χ2n) is 6.42. The minimum atomic E-state index is -1.25. The fraction of sp³-hybridized carbons (Fsp3) is 0.238. The summed E-state index contributed by atoms with van der Waals surface area (Å²) < 4.78 is 0.867. The van der Waals surface area contributed by atoms with Gasteiger partial charge in [-0.05, 0) is 52.8 Å². The molecular weight excluding hydrogens is 501 g/mol. The Morgan fingerprint density at radius 1 is 0.933 bits per heavy atom. The summed E-state index contributed by atoms with van der Waals surface area (Å²) >= 11 is 2.07. The molecule has 0 fully saturated rings. The van der Waals surface area contributed by atoms with E-state index in [1.54, 1.807) is 18.2 Å². The van der Waals surface area contributed by atoms with Gasteiger partial charge in [-0.15, -0.1) is 0 Å². The molecule has 8 nitrogen and oxygen atoms in total. The number of rotatable bonds is 10. The first kappa shape index (κ1) is 23.3. The van der Waals surface area contributed by atoms with Gasteiger partial charge in [-0.25, -0.2) is 0 Å². The predicted molar refractivity (Wildman–Crippen MR) is 119 cm³/mol. The second kappa shape index (κ2) is 11.9. The van der Waals surface area contributed by atoms with Crippen LogP contribution in [-0.4, -0.2) is 59.9 Å². The number of carboxylic acids is 1. The van der Waals surface area contributed by atoms with Crippen molar-refractivity contribution in [3.63, 3.8) is 0 Å². The number of carbonyl (C=O) groups is 4. The highest BCUT2D eigenvalue weighted by Crippen LogP contribution is 2.07. The molecule has 3 amide bonds. The summed E-state index contributed by atoms with van der Waals surface area (Å²) in [6.45, 7) is -1.08. The molecule has 0 atom stereocenters. The minimum absolute atomic E-state index is 0.362. The first-order valence-electron chi connectivity index (χ1n) is 9.19. The number of amides is 3. The molecule has 0 bridgehead atoms. The topological polar surface area (TPSA) is 116 Å². The van der Waals surface area contributed by atoms with Crippen LogP contribution in [0.5, 0.6) is 0 Å². The van der Waals surface area contributed by atoms with Crippen molar-refractivity contribution >= 4 is 46.3 Å². The third-order valence-corrected chi connectivity index (χ3v) is 4.75. The van der Waals surface area contributed by atoms with Crippen LogP contribution in [0, 0.1) is 3.57 Å². The van der Waals surface area contributed by atoms with Gasteiger partial charge in [0.2, 0.25) is 11.8 Å². The lowest BCUT2D eigenvalue weighted by atomic mass is 10.1. The van der Waals surface area contributed by atoms with Gasteiger partial charge in [-0.2, -0.15) is 0 Å². The van der Waals surface area contributed by atoms with Gasteiger partial charge >= 0.3 is 5.97 Å². The zero-order valence-electron chi connectivity index (χ0n) is 16.1. The fourth-order valence-corrected chi connectivity index (χ4v) is 3.16. The molecular formula is C21H22IN3O5. The molecule has 0 saturated heterocycles. The van der Waals surface area contributed by atoms with E-state index in [1.807, 2.05) is 36.4 Å². The number of hydrogen-bond donors (Lipinski definition) is 3. The average molecular weight is 523 g/mol. The minimum Gasteiger partial charge on any atom is -0.480 e. The Labute approximate surface area is 187 Å². The maximum Gasteiger partial charge on any atom is 0.323 e. The normalized spacial score (nSPS) is 10.2. The van der Waals surface area contributed by atoms with E-state index in [2.05, 4.69) is 33.2 Å². The summed E-state index contributed by atoms with van der Waals surface area (Å²) in [4.78, 5) is 48.7. The molecule has 0 aliphatic heterocycles. The van der Waals surface area contributed by atoms with Gasteiger partial charge < -0.3 is 20.6 Å². The first-order chi connectivity index (χ1) is 14.3. The SMILES string of the molecule is O=C(O)CN(CC(=O)NCCc1ccccc1)C(=O)CNC(=O)c1cccc(I)c1. The van der Waals surface area contributed by atoms with Gasteiger partial charge in [-0.3, -0.25) is 19.2 Å². The maximum atomic E-state index is 12.4. The van der Waals surface area contributed by atoms with Gasteiger partial charge in [0, 0.05) is 15.7 Å². The summed E-state index contributed by atoms with van der Waals surface area (Å²) in [5.41, 5.74) is 1.44. The van der Waals surface area contributed by atoms with Gasteiger partial charge in [0.15, 0.2) is 0 Å². The molecule has 0 spiro atoms. The Morgan fingerprint density at radius 3 is 2.33 bits per heavy atom. The third-order valence-electron chi connectivity index (χ3n) is 4.08. The summed E-state index contributed by atoms with van der Waals surface area (Å²) in [5.74, 6) is -2.83. The Hall–Kier alpha value is -2.95. The van der Waals surface area contributed by atoms with Crippen LogP contribution >= 0.6 is 22.6 Å². The molecule has 0 aromatic heterocycles. The Kier molecular flexibility index (Phi) is 9.26. The van der Waals surface area contributed by atoms with Crippen molar-refractivity contribution < 1.29 is 24.3 Å². The quantitative estimate of drug-likeness (QED) is 0.406. The van der Waals surface area contributed by atoms with E-state index in [0.717, 1.165) is 14.0 Å². The zero-order chi connectivity index (χ0) is 21.9. The van der Waals surface area contributed by atoms with Crippen LogP contribution < -0.4 is 10.6 Å². The molecule has 0 saturated carbocycles. The first-order valence-corrected chi connectivity index (χ1v) is 10.3. The number of carbonyl (C=O) groups excluding carboxylic acids is 3. The number of nitrogens with one attached hydrogen (secondary N) is 2. The summed E-state index contributed by atoms with van der Waals surface area (Å²) in [7, 11) is 0. The fourth-order valence-electron chi connectivity index (χ4n) is 2.62. The van der Waals surface area contributed by atoms with E-state index in [1.165, 1.54) is 0 Å². The lowest BCUT2D eigenvalue weighted by Gasteiger charge is -2.20. The molecule has 158 valence electrons. The maximum absolute atomic E-state index is 12.4. The Balaban J connectivity index is 1.85. The van der Waals surface area contributed by atoms with E-state index < -0.39 is 43.3 Å². The standard InChI is InChI=1S/C21H22IN3O5/c22-17-8-4-7-16(11-17)21(30)24-12-19(27)25(14-20(28)29)13-18(26)23-10-9-15-5-2-1-3-6-15/h1-8,11H,9-10,12-14H2,(H,23,26)(H,24,30)(H,28,29). The number of aliphatic carboxylic acids is 1. The van der Waals surface area contributed by atoms with Gasteiger partial charge in [-0.1, -0.05) is 36.4 Å². The molecule has 2 aromatic rings. The van der Waals surface area contributed by atoms with Crippen LogP contribution in [0.25, 0.3) is 0 Å². The van der Waals surface area contributed by atoms with E-state index in [-0.39, 0.29) is 0 Å². The molecule has 0 heterocycles. The molecule has 2 rings (SSSR count). The number of carboxylic acid groups (broad SMARTS) is 1. The van der Waals surface area contributed by atoms with Crippen LogP contribution in [0.1, 0.15) is 15.9 Å². The van der Waals surface area contributed by atoms with Gasteiger partial charge in [0.25, 0.3) is 5.91 Å². The number of nitrogens with zero attached hydrogens (tertiary/aromatic N) is 1. The van der Waals surface area contributed by atoms with Crippen molar-refractivity contribution in [1.29, 1.82) is 0 Å². The van der Waals surface area contributed by atoms with Crippen LogP contribution in [0.4, 0.5) is 0 Å². The molecule has 2 aromatic carbocycles. The smallest absolute Gasteiger partial charge is 0.323 e. The molecule has 0 unspecified atom stereocenters. The van der Waals surface area contributed by atoms with E-state index in [4.69, 9.17) is 5.11 Å². The number of hydrogen-bond acceptors (Lipinski definition) is 4. The summed E-state index contributed by atoms with van der Waals surface area (Å²) in [6.07, 6.45) is 0.616. The summed E-state index contributed by atoms with van der Waals surface area (Å²) in [5, 5.41) is 14.2. The lowest BCUT2D eigenvalue weighted by molar-refractivity contribution is -0.145. The van der Waals surface area contributed by atoms with E-state index in [9.17, 15) is 19.2 Å². The van der Waals surface area contributed by atoms with Crippen molar-refractivity contribution in [3.8, 4) is 0 Å². The Bertz CT molecular complexity index is 905. The molecule has 3 N–H and O–H groups in total. The van der Waals surface area contributed by atoms with Crippen LogP contribution in [0.3, 0.4) is 0 Å². The van der Waals surface area contributed by atoms with Crippen LogP contribution in [0.15, 0.2) is 54.6 Å². The largest absolute Gasteiger partial charge is 0.480 e.